The Bertz CT molecular complexity index is 802. The van der Waals surface area contributed by atoms with Crippen molar-refractivity contribution in [2.24, 2.45) is 0 Å². The number of halogens is 1. The predicted molar refractivity (Wildman–Crippen MR) is 99.9 cm³/mol. The third kappa shape index (κ3) is 4.24. The minimum Gasteiger partial charge on any atom is -0.366 e. The largest absolute Gasteiger partial charge is 0.366 e. The predicted octanol–water partition coefficient (Wildman–Crippen LogP) is 5.05. The Kier molecular flexibility index (Phi) is 5.29. The number of para-hydroxylation sites is 1. The van der Waals surface area contributed by atoms with Gasteiger partial charge in [-0.25, -0.2) is 4.98 Å². The summed E-state index contributed by atoms with van der Waals surface area (Å²) < 4.78 is 0. The smallest absolute Gasteiger partial charge is 0.229 e. The number of nitrogens with zero attached hydrogens (tertiary/aromatic N) is 2. The number of rotatable bonds is 6. The molecule has 1 heterocycles. The monoisotopic (exact) mass is 338 g/mol. The van der Waals surface area contributed by atoms with Crippen LogP contribution in [0.4, 0.5) is 17.5 Å². The van der Waals surface area contributed by atoms with Crippen LogP contribution >= 0.6 is 11.6 Å². The Hall–Kier alpha value is -2.59. The lowest BCUT2D eigenvalue weighted by atomic mass is 10.1. The van der Waals surface area contributed by atoms with E-state index in [1.807, 2.05) is 48.5 Å². The first-order valence-electron chi connectivity index (χ1n) is 7.91. The van der Waals surface area contributed by atoms with Crippen LogP contribution in [0.1, 0.15) is 18.1 Å². The van der Waals surface area contributed by atoms with Crippen molar-refractivity contribution in [3.63, 3.8) is 0 Å². The highest BCUT2D eigenvalue weighted by molar-refractivity contribution is 6.30. The van der Waals surface area contributed by atoms with Crippen molar-refractivity contribution < 1.29 is 0 Å². The maximum Gasteiger partial charge on any atom is 0.229 e. The van der Waals surface area contributed by atoms with E-state index in [2.05, 4.69) is 33.6 Å². The average molecular weight is 339 g/mol. The highest BCUT2D eigenvalue weighted by Crippen LogP contribution is 2.19. The molecule has 1 aromatic heterocycles. The highest BCUT2D eigenvalue weighted by Gasteiger charge is 2.03. The lowest BCUT2D eigenvalue weighted by Crippen LogP contribution is -2.05. The van der Waals surface area contributed by atoms with Gasteiger partial charge in [-0.05, 0) is 41.8 Å². The van der Waals surface area contributed by atoms with Crippen LogP contribution in [0.5, 0.6) is 0 Å². The Morgan fingerprint density at radius 1 is 1.00 bits per heavy atom. The fourth-order valence-electron chi connectivity index (χ4n) is 2.38. The summed E-state index contributed by atoms with van der Waals surface area (Å²) in [7, 11) is 0. The van der Waals surface area contributed by atoms with Crippen molar-refractivity contribution in [1.82, 2.24) is 9.97 Å². The van der Waals surface area contributed by atoms with E-state index < -0.39 is 0 Å². The van der Waals surface area contributed by atoms with Gasteiger partial charge in [0, 0.05) is 23.5 Å². The van der Waals surface area contributed by atoms with Gasteiger partial charge in [-0.1, -0.05) is 48.9 Å². The second-order valence-electron chi connectivity index (χ2n) is 5.38. The number of hydrogen-bond acceptors (Lipinski definition) is 4. The van der Waals surface area contributed by atoms with Gasteiger partial charge in [0.05, 0.1) is 0 Å². The molecule has 2 N–H and O–H groups in total. The SMILES string of the molecule is CCc1ccccc1Nc1nccc(NCc2ccc(Cl)cc2)n1. The molecule has 122 valence electrons. The Balaban J connectivity index is 1.68. The fourth-order valence-corrected chi connectivity index (χ4v) is 2.51. The van der Waals surface area contributed by atoms with Crippen LogP contribution in [0, 0.1) is 0 Å². The molecule has 0 atom stereocenters. The number of aromatic nitrogens is 2. The number of hydrogen-bond donors (Lipinski definition) is 2. The van der Waals surface area contributed by atoms with Crippen LogP contribution in [0.2, 0.25) is 5.02 Å². The molecule has 0 aliphatic carbocycles. The van der Waals surface area contributed by atoms with Crippen molar-refractivity contribution >= 4 is 29.1 Å². The minimum absolute atomic E-state index is 0.581. The molecule has 2 aromatic carbocycles. The quantitative estimate of drug-likeness (QED) is 0.660. The summed E-state index contributed by atoms with van der Waals surface area (Å²) >= 11 is 5.90. The van der Waals surface area contributed by atoms with Gasteiger partial charge in [0.25, 0.3) is 0 Å². The van der Waals surface area contributed by atoms with Crippen molar-refractivity contribution in [3.8, 4) is 0 Å². The van der Waals surface area contributed by atoms with Crippen LogP contribution < -0.4 is 10.6 Å². The van der Waals surface area contributed by atoms with Crippen LogP contribution in [0.25, 0.3) is 0 Å². The van der Waals surface area contributed by atoms with E-state index in [1.54, 1.807) is 6.20 Å². The molecule has 24 heavy (non-hydrogen) atoms. The topological polar surface area (TPSA) is 49.8 Å². The van der Waals surface area contributed by atoms with Crippen LogP contribution in [0.3, 0.4) is 0 Å². The Morgan fingerprint density at radius 2 is 1.79 bits per heavy atom. The van der Waals surface area contributed by atoms with Crippen molar-refractivity contribution in [2.45, 2.75) is 19.9 Å². The van der Waals surface area contributed by atoms with Gasteiger partial charge < -0.3 is 10.6 Å². The van der Waals surface area contributed by atoms with Gasteiger partial charge in [0.1, 0.15) is 5.82 Å². The summed E-state index contributed by atoms with van der Waals surface area (Å²) in [4.78, 5) is 8.81. The second kappa shape index (κ2) is 7.79. The summed E-state index contributed by atoms with van der Waals surface area (Å²) in [5.74, 6) is 1.36. The molecule has 5 heteroatoms. The highest BCUT2D eigenvalue weighted by atomic mass is 35.5. The minimum atomic E-state index is 0.581. The zero-order valence-corrected chi connectivity index (χ0v) is 14.2. The molecule has 0 aliphatic heterocycles. The third-order valence-electron chi connectivity index (χ3n) is 3.69. The molecule has 0 amide bonds. The molecule has 0 saturated carbocycles. The summed E-state index contributed by atoms with van der Waals surface area (Å²) in [6, 6.07) is 17.8. The van der Waals surface area contributed by atoms with E-state index in [0.717, 1.165) is 28.5 Å². The van der Waals surface area contributed by atoms with E-state index in [1.165, 1.54) is 5.56 Å². The van der Waals surface area contributed by atoms with E-state index in [0.29, 0.717) is 12.5 Å². The van der Waals surface area contributed by atoms with Crippen molar-refractivity contribution in [3.05, 3.63) is 76.9 Å². The Labute approximate surface area is 146 Å². The third-order valence-corrected chi connectivity index (χ3v) is 3.94. The van der Waals surface area contributed by atoms with E-state index >= 15 is 0 Å². The molecule has 0 saturated heterocycles. The zero-order valence-electron chi connectivity index (χ0n) is 13.5. The van der Waals surface area contributed by atoms with Gasteiger partial charge in [-0.2, -0.15) is 4.98 Å². The molecule has 3 rings (SSSR count). The maximum atomic E-state index is 5.90. The molecule has 0 spiro atoms. The first kappa shape index (κ1) is 16.3. The Morgan fingerprint density at radius 3 is 2.58 bits per heavy atom. The van der Waals surface area contributed by atoms with E-state index in [4.69, 9.17) is 11.6 Å². The molecular weight excluding hydrogens is 320 g/mol. The number of nitrogens with one attached hydrogen (secondary N) is 2. The molecule has 0 fully saturated rings. The maximum absolute atomic E-state index is 5.90. The normalized spacial score (nSPS) is 10.4. The second-order valence-corrected chi connectivity index (χ2v) is 5.82. The zero-order chi connectivity index (χ0) is 16.8. The summed E-state index contributed by atoms with van der Waals surface area (Å²) in [6.45, 7) is 2.81. The van der Waals surface area contributed by atoms with Gasteiger partial charge in [-0.3, -0.25) is 0 Å². The molecule has 3 aromatic rings. The van der Waals surface area contributed by atoms with E-state index in [-0.39, 0.29) is 0 Å². The standard InChI is InChI=1S/C19H19ClN4/c1-2-15-5-3-4-6-17(15)23-19-21-12-11-18(24-19)22-13-14-7-9-16(20)10-8-14/h3-12H,2,13H2,1H3,(H2,21,22,23,24). The van der Waals surface area contributed by atoms with Crippen LogP contribution in [-0.2, 0) is 13.0 Å². The fraction of sp³-hybridized carbons (Fsp3) is 0.158. The summed E-state index contributed by atoms with van der Waals surface area (Å²) in [5, 5.41) is 7.33. The van der Waals surface area contributed by atoms with Gasteiger partial charge >= 0.3 is 0 Å². The lowest BCUT2D eigenvalue weighted by molar-refractivity contribution is 1.08. The molecule has 0 bridgehead atoms. The van der Waals surface area contributed by atoms with Crippen molar-refractivity contribution in [2.75, 3.05) is 10.6 Å². The molecular formula is C19H19ClN4. The van der Waals surface area contributed by atoms with E-state index in [9.17, 15) is 0 Å². The number of aryl methyl sites for hydroxylation is 1. The molecule has 0 aliphatic rings. The lowest BCUT2D eigenvalue weighted by Gasteiger charge is -2.11. The first-order valence-corrected chi connectivity index (χ1v) is 8.28. The average Bonchev–Trinajstić information content (AvgIpc) is 2.62. The van der Waals surface area contributed by atoms with Gasteiger partial charge in [0.15, 0.2) is 0 Å². The number of benzene rings is 2. The molecule has 0 unspecified atom stereocenters. The van der Waals surface area contributed by atoms with Gasteiger partial charge in [-0.15, -0.1) is 0 Å². The van der Waals surface area contributed by atoms with Crippen LogP contribution in [0.15, 0.2) is 60.8 Å². The first-order chi connectivity index (χ1) is 11.7. The summed E-state index contributed by atoms with van der Waals surface area (Å²) in [6.07, 6.45) is 2.70. The van der Waals surface area contributed by atoms with Crippen LogP contribution in [-0.4, -0.2) is 9.97 Å². The van der Waals surface area contributed by atoms with Gasteiger partial charge in [0.2, 0.25) is 5.95 Å². The summed E-state index contributed by atoms with van der Waals surface area (Å²) in [5.41, 5.74) is 3.42. The molecule has 0 radical (unpaired) electrons. The molecule has 4 nitrogen and oxygen atoms in total. The van der Waals surface area contributed by atoms with Crippen molar-refractivity contribution in [1.29, 1.82) is 0 Å². The number of anilines is 3.